The van der Waals surface area contributed by atoms with Gasteiger partial charge in [-0.2, -0.15) is 5.90 Å². The summed E-state index contributed by atoms with van der Waals surface area (Å²) < 4.78 is 11.6. The van der Waals surface area contributed by atoms with Crippen LogP contribution >= 0.6 is 7.37 Å². The van der Waals surface area contributed by atoms with Gasteiger partial charge in [-0.1, -0.05) is 0 Å². The van der Waals surface area contributed by atoms with Crippen molar-refractivity contribution < 1.29 is 29.0 Å². The summed E-state index contributed by atoms with van der Waals surface area (Å²) in [6, 6.07) is 0. The molecule has 0 amide bonds. The third-order valence-corrected chi connectivity index (χ3v) is 4.20. The normalized spacial score (nSPS) is 14.0. The fourth-order valence-corrected chi connectivity index (χ4v) is 2.87. The van der Waals surface area contributed by atoms with E-state index in [4.69, 9.17) is 5.11 Å². The molecule has 0 aromatic carbocycles. The number of nitrogens with two attached hydrogens (primary N) is 1. The van der Waals surface area contributed by atoms with Gasteiger partial charge in [-0.3, -0.25) is 14.2 Å². The standard InChI is InChI=1S/C9H18NO6P/c10-16-9(13)5-3-7-17(14,15)6-2-1-4-8(11)12/h1-7,10H2,(H,11,12)(H,14,15). The van der Waals surface area contributed by atoms with E-state index < -0.39 is 19.3 Å². The third kappa shape index (κ3) is 9.99. The molecule has 1 atom stereocenters. The van der Waals surface area contributed by atoms with E-state index in [1.54, 1.807) is 0 Å². The molecule has 0 bridgehead atoms. The van der Waals surface area contributed by atoms with Crippen LogP contribution in [0.3, 0.4) is 0 Å². The van der Waals surface area contributed by atoms with Crippen LogP contribution in [0.25, 0.3) is 0 Å². The zero-order chi connectivity index (χ0) is 13.3. The number of carbonyl (C=O) groups is 2. The van der Waals surface area contributed by atoms with E-state index in [9.17, 15) is 19.0 Å². The summed E-state index contributed by atoms with van der Waals surface area (Å²) >= 11 is 0. The number of unbranched alkanes of at least 4 members (excludes halogenated alkanes) is 1. The predicted octanol–water partition coefficient (Wildman–Crippen LogP) is 0.709. The summed E-state index contributed by atoms with van der Waals surface area (Å²) in [6.07, 6.45) is 1.12. The summed E-state index contributed by atoms with van der Waals surface area (Å²) in [7, 11) is -3.26. The van der Waals surface area contributed by atoms with Crippen LogP contribution in [0.5, 0.6) is 0 Å². The third-order valence-electron chi connectivity index (χ3n) is 2.17. The molecule has 1 unspecified atom stereocenters. The van der Waals surface area contributed by atoms with Crippen LogP contribution in [-0.4, -0.2) is 34.3 Å². The highest BCUT2D eigenvalue weighted by atomic mass is 31.2. The second-order valence-corrected chi connectivity index (χ2v) is 6.32. The molecule has 0 rings (SSSR count). The number of hydrogen-bond acceptors (Lipinski definition) is 5. The smallest absolute Gasteiger partial charge is 0.324 e. The molecule has 0 saturated heterocycles. The summed E-state index contributed by atoms with van der Waals surface area (Å²) in [5.41, 5.74) is 0. The lowest BCUT2D eigenvalue weighted by atomic mass is 10.2. The van der Waals surface area contributed by atoms with E-state index in [1.807, 2.05) is 0 Å². The van der Waals surface area contributed by atoms with E-state index >= 15 is 0 Å². The minimum Gasteiger partial charge on any atom is -0.481 e. The molecule has 0 aliphatic carbocycles. The maximum absolute atomic E-state index is 11.6. The number of aliphatic carboxylic acids is 1. The highest BCUT2D eigenvalue weighted by molar-refractivity contribution is 7.57. The molecule has 0 fully saturated rings. The molecule has 0 saturated carbocycles. The van der Waals surface area contributed by atoms with Crippen molar-refractivity contribution in [3.05, 3.63) is 0 Å². The van der Waals surface area contributed by atoms with E-state index in [1.165, 1.54) is 0 Å². The van der Waals surface area contributed by atoms with Crippen LogP contribution in [0.4, 0.5) is 0 Å². The molecular weight excluding hydrogens is 249 g/mol. The molecule has 0 aromatic rings. The first kappa shape index (κ1) is 16.1. The fourth-order valence-electron chi connectivity index (χ4n) is 1.28. The predicted molar refractivity (Wildman–Crippen MR) is 60.6 cm³/mol. The van der Waals surface area contributed by atoms with Gasteiger partial charge in [-0.05, 0) is 19.3 Å². The van der Waals surface area contributed by atoms with E-state index in [0.717, 1.165) is 0 Å². The second kappa shape index (κ2) is 8.22. The van der Waals surface area contributed by atoms with E-state index in [0.29, 0.717) is 12.8 Å². The Morgan fingerprint density at radius 2 is 1.71 bits per heavy atom. The number of rotatable bonds is 9. The first-order valence-corrected chi connectivity index (χ1v) is 7.32. The van der Waals surface area contributed by atoms with Crippen LogP contribution in [0.1, 0.15) is 32.1 Å². The molecule has 0 aliphatic heterocycles. The maximum Gasteiger partial charge on any atom is 0.324 e. The van der Waals surface area contributed by atoms with E-state index in [-0.39, 0.29) is 31.6 Å². The molecule has 8 heteroatoms. The first-order chi connectivity index (χ1) is 7.87. The summed E-state index contributed by atoms with van der Waals surface area (Å²) in [6.45, 7) is 0. The SMILES string of the molecule is NOC(=O)CCCP(=O)(O)CCCCC(=O)O. The van der Waals surface area contributed by atoms with Gasteiger partial charge in [0.1, 0.15) is 0 Å². The van der Waals surface area contributed by atoms with Crippen molar-refractivity contribution in [2.45, 2.75) is 32.1 Å². The Bertz CT molecular complexity index is 306. The lowest BCUT2D eigenvalue weighted by Crippen LogP contribution is -2.10. The number of hydrogen-bond donors (Lipinski definition) is 3. The molecule has 17 heavy (non-hydrogen) atoms. The van der Waals surface area contributed by atoms with Gasteiger partial charge >= 0.3 is 11.9 Å². The molecule has 0 aliphatic rings. The van der Waals surface area contributed by atoms with Crippen LogP contribution in [0.2, 0.25) is 0 Å². The fraction of sp³-hybridized carbons (Fsp3) is 0.778. The molecule has 4 N–H and O–H groups in total. The van der Waals surface area contributed by atoms with Crippen molar-refractivity contribution in [1.29, 1.82) is 0 Å². The Labute approximate surface area is 99.4 Å². The van der Waals surface area contributed by atoms with Crippen molar-refractivity contribution in [2.24, 2.45) is 5.90 Å². The van der Waals surface area contributed by atoms with Gasteiger partial charge in [0.2, 0.25) is 7.37 Å². The van der Waals surface area contributed by atoms with Crippen LogP contribution in [0.15, 0.2) is 0 Å². The summed E-state index contributed by atoms with van der Waals surface area (Å²) in [5, 5.41) is 8.38. The highest BCUT2D eigenvalue weighted by Gasteiger charge is 2.18. The lowest BCUT2D eigenvalue weighted by Gasteiger charge is -2.10. The molecule has 7 nitrogen and oxygen atoms in total. The van der Waals surface area contributed by atoms with Crippen LogP contribution < -0.4 is 5.90 Å². The largest absolute Gasteiger partial charge is 0.481 e. The Morgan fingerprint density at radius 3 is 2.24 bits per heavy atom. The first-order valence-electron chi connectivity index (χ1n) is 5.29. The average Bonchev–Trinajstić information content (AvgIpc) is 2.23. The van der Waals surface area contributed by atoms with E-state index in [2.05, 4.69) is 10.7 Å². The Hall–Kier alpha value is -0.910. The Kier molecular flexibility index (Phi) is 7.78. The van der Waals surface area contributed by atoms with Gasteiger partial charge in [-0.15, -0.1) is 0 Å². The minimum atomic E-state index is -3.26. The molecule has 0 heterocycles. The van der Waals surface area contributed by atoms with Gasteiger partial charge in [0, 0.05) is 25.2 Å². The summed E-state index contributed by atoms with van der Waals surface area (Å²) in [4.78, 5) is 34.3. The van der Waals surface area contributed by atoms with Gasteiger partial charge in [0.25, 0.3) is 0 Å². The molecular formula is C9H18NO6P. The molecule has 100 valence electrons. The highest BCUT2D eigenvalue weighted by Crippen LogP contribution is 2.42. The number of carboxylic acids is 1. The number of carboxylic acid groups (broad SMARTS) is 1. The van der Waals surface area contributed by atoms with Gasteiger partial charge in [0.05, 0.1) is 0 Å². The zero-order valence-corrected chi connectivity index (χ0v) is 10.4. The second-order valence-electron chi connectivity index (χ2n) is 3.74. The van der Waals surface area contributed by atoms with Crippen molar-refractivity contribution in [2.75, 3.05) is 12.3 Å². The van der Waals surface area contributed by atoms with Gasteiger partial charge < -0.3 is 14.8 Å². The van der Waals surface area contributed by atoms with Crippen LogP contribution in [0, 0.1) is 0 Å². The van der Waals surface area contributed by atoms with Gasteiger partial charge in [-0.25, -0.2) is 0 Å². The lowest BCUT2D eigenvalue weighted by molar-refractivity contribution is -0.144. The summed E-state index contributed by atoms with van der Waals surface area (Å²) in [5.74, 6) is 3.08. The quantitative estimate of drug-likeness (QED) is 0.319. The zero-order valence-electron chi connectivity index (χ0n) is 9.50. The van der Waals surface area contributed by atoms with Gasteiger partial charge in [0.15, 0.2) is 0 Å². The Balaban J connectivity index is 3.69. The van der Waals surface area contributed by atoms with Crippen molar-refractivity contribution in [3.63, 3.8) is 0 Å². The molecule has 0 aromatic heterocycles. The maximum atomic E-state index is 11.6. The molecule has 0 radical (unpaired) electrons. The van der Waals surface area contributed by atoms with Crippen LogP contribution in [-0.2, 0) is 19.0 Å². The van der Waals surface area contributed by atoms with Crippen molar-refractivity contribution in [1.82, 2.24) is 0 Å². The van der Waals surface area contributed by atoms with Crippen molar-refractivity contribution in [3.8, 4) is 0 Å². The topological polar surface area (TPSA) is 127 Å². The Morgan fingerprint density at radius 1 is 1.12 bits per heavy atom. The monoisotopic (exact) mass is 267 g/mol. The molecule has 0 spiro atoms. The average molecular weight is 267 g/mol. The minimum absolute atomic E-state index is 0.000497. The van der Waals surface area contributed by atoms with Crippen molar-refractivity contribution >= 4 is 19.3 Å². The number of carbonyl (C=O) groups excluding carboxylic acids is 1.